The molecule has 0 spiro atoms. The Balaban J connectivity index is 0.773. The number of likely N-dealkylation sites (tertiary alicyclic amines) is 1. The molecule has 3 aliphatic rings. The zero-order valence-corrected chi connectivity index (χ0v) is 36.9. The number of phenolic OH excluding ortho intramolecular Hbond substituents is 1. The largest absolute Gasteiger partial charge is 0.507 e. The fourth-order valence-electron chi connectivity index (χ4n) is 8.80. The van der Waals surface area contributed by atoms with Gasteiger partial charge < -0.3 is 24.8 Å². The van der Waals surface area contributed by atoms with Crippen LogP contribution in [0.3, 0.4) is 0 Å². The third-order valence-corrected chi connectivity index (χ3v) is 12.6. The minimum absolute atomic E-state index is 0.00923. The summed E-state index contributed by atoms with van der Waals surface area (Å²) in [6.07, 6.45) is 3.25. The van der Waals surface area contributed by atoms with Crippen molar-refractivity contribution in [3.63, 3.8) is 0 Å². The van der Waals surface area contributed by atoms with Crippen LogP contribution < -0.4 is 15.4 Å². The van der Waals surface area contributed by atoms with Crippen LogP contribution in [0, 0.1) is 13.8 Å². The van der Waals surface area contributed by atoms with E-state index in [1.807, 2.05) is 68.3 Å². The zero-order valence-electron chi connectivity index (χ0n) is 36.1. The molecule has 5 amide bonds. The van der Waals surface area contributed by atoms with Gasteiger partial charge in [0.1, 0.15) is 23.6 Å². The maximum absolute atomic E-state index is 13.3. The summed E-state index contributed by atoms with van der Waals surface area (Å²) < 4.78 is 13.9. The molecule has 0 bridgehead atoms. The highest BCUT2D eigenvalue weighted by molar-refractivity contribution is 6.31. The fourth-order valence-corrected chi connectivity index (χ4v) is 8.92. The number of anilines is 1. The lowest BCUT2D eigenvalue weighted by Gasteiger charge is -2.32. The van der Waals surface area contributed by atoms with E-state index in [1.165, 1.54) is 0 Å². The molecule has 1 unspecified atom stereocenters. The van der Waals surface area contributed by atoms with E-state index in [0.29, 0.717) is 49.6 Å². The maximum Gasteiger partial charge on any atom is 0.264 e. The quantitative estimate of drug-likeness (QED) is 0.0750. The molecule has 8 rings (SSSR count). The molecule has 15 heteroatoms. The molecule has 0 saturated carbocycles. The highest BCUT2D eigenvalue weighted by atomic mass is 35.5. The number of aromatic nitrogens is 2. The number of imide groups is 2. The average Bonchev–Trinajstić information content (AvgIpc) is 3.75. The second-order valence-electron chi connectivity index (χ2n) is 16.6. The number of phenols is 1. The molecular formula is C49H51ClN6O8. The first-order valence-corrected chi connectivity index (χ1v) is 22.1. The predicted molar refractivity (Wildman–Crippen MR) is 241 cm³/mol. The van der Waals surface area contributed by atoms with Crippen LogP contribution in [-0.4, -0.2) is 99.2 Å². The molecule has 1 atom stereocenters. The summed E-state index contributed by atoms with van der Waals surface area (Å²) in [5.41, 5.74) is 8.06. The number of hydrogen-bond donors (Lipinski definition) is 3. The Morgan fingerprint density at radius 3 is 2.39 bits per heavy atom. The molecule has 64 heavy (non-hydrogen) atoms. The summed E-state index contributed by atoms with van der Waals surface area (Å²) >= 11 is 6.38. The van der Waals surface area contributed by atoms with Gasteiger partial charge in [-0.2, -0.15) is 5.10 Å². The smallest absolute Gasteiger partial charge is 0.264 e. The third kappa shape index (κ3) is 9.39. The topological polar surface area (TPSA) is 172 Å². The number of carbonyl (C=O) groups is 5. The Kier molecular flexibility index (Phi) is 13.1. The lowest BCUT2D eigenvalue weighted by Crippen LogP contribution is -2.54. The molecule has 2 saturated heterocycles. The van der Waals surface area contributed by atoms with E-state index in [4.69, 9.17) is 21.1 Å². The molecule has 0 radical (unpaired) electrons. The first kappa shape index (κ1) is 44.1. The average molecular weight is 887 g/mol. The lowest BCUT2D eigenvalue weighted by molar-refractivity contribution is -0.136. The van der Waals surface area contributed by atoms with Gasteiger partial charge in [-0.1, -0.05) is 41.9 Å². The van der Waals surface area contributed by atoms with Gasteiger partial charge in [0, 0.05) is 67.8 Å². The van der Waals surface area contributed by atoms with Gasteiger partial charge in [-0.05, 0) is 104 Å². The van der Waals surface area contributed by atoms with Crippen LogP contribution in [0.25, 0.3) is 22.4 Å². The van der Waals surface area contributed by atoms with Crippen LogP contribution in [-0.2, 0) is 39.0 Å². The van der Waals surface area contributed by atoms with Gasteiger partial charge in [0.2, 0.25) is 17.7 Å². The molecule has 0 aliphatic carbocycles. The number of aryl methyl sites for hydroxylation is 5. The number of fused-ring (bicyclic) bond motifs is 1. The van der Waals surface area contributed by atoms with E-state index in [0.717, 1.165) is 61.8 Å². The Morgan fingerprint density at radius 1 is 0.891 bits per heavy atom. The van der Waals surface area contributed by atoms with E-state index >= 15 is 0 Å². The number of halogens is 1. The molecule has 3 aliphatic heterocycles. The van der Waals surface area contributed by atoms with E-state index in [2.05, 4.69) is 33.9 Å². The number of aromatic hydroxyl groups is 1. The number of rotatable bonds is 15. The molecular weight excluding hydrogens is 836 g/mol. The van der Waals surface area contributed by atoms with Crippen LogP contribution in [0.15, 0.2) is 78.9 Å². The van der Waals surface area contributed by atoms with Crippen molar-refractivity contribution in [3.8, 4) is 33.9 Å². The van der Waals surface area contributed by atoms with Gasteiger partial charge in [0.15, 0.2) is 0 Å². The van der Waals surface area contributed by atoms with Crippen molar-refractivity contribution in [1.82, 2.24) is 24.9 Å². The predicted octanol–water partition coefficient (Wildman–Crippen LogP) is 6.80. The van der Waals surface area contributed by atoms with Gasteiger partial charge in [-0.25, -0.2) is 0 Å². The summed E-state index contributed by atoms with van der Waals surface area (Å²) in [4.78, 5) is 66.2. The first-order chi connectivity index (χ1) is 30.9. The maximum atomic E-state index is 13.3. The van der Waals surface area contributed by atoms with Crippen molar-refractivity contribution >= 4 is 46.8 Å². The van der Waals surface area contributed by atoms with Gasteiger partial charge in [0.25, 0.3) is 11.8 Å². The minimum Gasteiger partial charge on any atom is -0.507 e. The van der Waals surface area contributed by atoms with Gasteiger partial charge in [0.05, 0.1) is 42.1 Å². The van der Waals surface area contributed by atoms with E-state index in [-0.39, 0.29) is 61.4 Å². The van der Waals surface area contributed by atoms with Gasteiger partial charge >= 0.3 is 0 Å². The van der Waals surface area contributed by atoms with Crippen LogP contribution in [0.1, 0.15) is 75.2 Å². The highest BCUT2D eigenvalue weighted by Gasteiger charge is 2.45. The zero-order chi connectivity index (χ0) is 45.1. The molecule has 3 N–H and O–H groups in total. The first-order valence-electron chi connectivity index (χ1n) is 21.7. The third-order valence-electron chi connectivity index (χ3n) is 12.2. The molecule has 1 aromatic heterocycles. The van der Waals surface area contributed by atoms with Crippen LogP contribution in [0.2, 0.25) is 5.02 Å². The Bertz CT molecular complexity index is 2620. The Morgan fingerprint density at radius 2 is 1.67 bits per heavy atom. The number of nitrogens with zero attached hydrogens (tertiary/aromatic N) is 4. The van der Waals surface area contributed by atoms with Crippen LogP contribution >= 0.6 is 11.6 Å². The lowest BCUT2D eigenvalue weighted by atomic mass is 9.90. The summed E-state index contributed by atoms with van der Waals surface area (Å²) in [5, 5.41) is 22.2. The fraction of sp³-hybridized carbons (Fsp3) is 0.347. The van der Waals surface area contributed by atoms with Crippen molar-refractivity contribution in [1.29, 1.82) is 0 Å². The molecule has 2 fully saturated rings. The normalized spacial score (nSPS) is 16.6. The summed E-state index contributed by atoms with van der Waals surface area (Å²) in [5.74, 6) is -1.22. The standard InChI is InChI=1S/C49H51ClN6O8/c1-29-27-33(12-16-38(29)50)44-32(11-15-36(46(44)59)41-28-30(2)53-54(41)3)10-7-31-8-13-34(14-9-31)64-35-19-23-55(24-20-35)43(58)21-25-63-26-22-51-39-6-4-5-37-45(39)49(62)56(48(37)61)40-17-18-42(57)52-47(40)60/h4-6,8-9,11-16,27-28,35,40,51,59H,7,10,17-26H2,1-3H3,(H,52,57,60). The van der Waals surface area contributed by atoms with E-state index in [9.17, 15) is 29.1 Å². The van der Waals surface area contributed by atoms with Gasteiger partial charge in [-0.3, -0.25) is 38.9 Å². The summed E-state index contributed by atoms with van der Waals surface area (Å²) in [7, 11) is 1.88. The number of benzene rings is 4. The Hall–Kier alpha value is -6.51. The molecule has 5 aromatic rings. The SMILES string of the molecule is Cc1cc(-c2ccc(CCc3ccc(OC4CCN(C(=O)CCOCCNc5cccc6c5C(=O)N(C5CCC(=O)NC5=O)C6=O)CC4)cc3)c(-c3ccc(Cl)c(C)c3)c2O)n(C)n1. The second kappa shape index (κ2) is 19.1. The van der Waals surface area contributed by atoms with E-state index < -0.39 is 29.7 Å². The number of hydrogen-bond acceptors (Lipinski definition) is 10. The van der Waals surface area contributed by atoms with Crippen molar-refractivity contribution < 1.29 is 38.6 Å². The summed E-state index contributed by atoms with van der Waals surface area (Å²) in [6, 6.07) is 23.9. The van der Waals surface area contributed by atoms with Crippen molar-refractivity contribution in [2.75, 3.05) is 38.2 Å². The monoisotopic (exact) mass is 886 g/mol. The Labute approximate surface area is 376 Å². The number of piperidine rings is 2. The van der Waals surface area contributed by atoms with Crippen LogP contribution in [0.4, 0.5) is 5.69 Å². The summed E-state index contributed by atoms with van der Waals surface area (Å²) in [6.45, 7) is 5.89. The second-order valence-corrected chi connectivity index (χ2v) is 17.0. The molecule has 4 aromatic carbocycles. The van der Waals surface area contributed by atoms with Crippen molar-refractivity contribution in [3.05, 3.63) is 117 Å². The highest BCUT2D eigenvalue weighted by Crippen LogP contribution is 2.42. The van der Waals surface area contributed by atoms with Crippen LogP contribution in [0.5, 0.6) is 11.5 Å². The molecule has 14 nitrogen and oxygen atoms in total. The number of amides is 5. The molecule has 4 heterocycles. The number of nitrogens with one attached hydrogen (secondary N) is 2. The number of ether oxygens (including phenoxy) is 2. The molecule has 332 valence electrons. The minimum atomic E-state index is -1.04. The van der Waals surface area contributed by atoms with Crippen molar-refractivity contribution in [2.24, 2.45) is 7.05 Å². The van der Waals surface area contributed by atoms with E-state index in [1.54, 1.807) is 22.9 Å². The van der Waals surface area contributed by atoms with Crippen molar-refractivity contribution in [2.45, 2.75) is 70.9 Å². The van der Waals surface area contributed by atoms with Gasteiger partial charge in [-0.15, -0.1) is 0 Å². The number of carbonyl (C=O) groups excluding carboxylic acids is 5.